The van der Waals surface area contributed by atoms with Gasteiger partial charge in [0.15, 0.2) is 5.96 Å². The van der Waals surface area contributed by atoms with E-state index < -0.39 is 0 Å². The number of benzene rings is 1. The number of amides is 1. The topological polar surface area (TPSA) is 66.0 Å². The van der Waals surface area contributed by atoms with Gasteiger partial charge in [0.05, 0.1) is 13.7 Å². The zero-order valence-electron chi connectivity index (χ0n) is 17.3. The van der Waals surface area contributed by atoms with E-state index >= 15 is 0 Å². The molecule has 27 heavy (non-hydrogen) atoms. The van der Waals surface area contributed by atoms with E-state index in [9.17, 15) is 4.79 Å². The summed E-state index contributed by atoms with van der Waals surface area (Å²) in [5.41, 5.74) is 1.08. The molecular formula is C21H34N4O2. The quantitative estimate of drug-likeness (QED) is 0.569. The van der Waals surface area contributed by atoms with Crippen molar-refractivity contribution >= 4 is 11.9 Å². The lowest BCUT2D eigenvalue weighted by Gasteiger charge is -2.25. The number of carbonyl (C=O) groups excluding carboxylic acids is 1. The molecule has 1 atom stereocenters. The van der Waals surface area contributed by atoms with Crippen LogP contribution in [0.3, 0.4) is 0 Å². The molecule has 0 bridgehead atoms. The Morgan fingerprint density at radius 3 is 2.81 bits per heavy atom. The third-order valence-electron chi connectivity index (χ3n) is 5.01. The summed E-state index contributed by atoms with van der Waals surface area (Å²) in [6, 6.07) is 8.40. The van der Waals surface area contributed by atoms with Crippen molar-refractivity contribution in [1.29, 1.82) is 0 Å². The van der Waals surface area contributed by atoms with Crippen LogP contribution in [0.5, 0.6) is 5.75 Å². The molecule has 0 aromatic heterocycles. The van der Waals surface area contributed by atoms with Crippen molar-refractivity contribution in [1.82, 2.24) is 15.5 Å². The highest BCUT2D eigenvalue weighted by molar-refractivity contribution is 5.80. The molecule has 1 aliphatic heterocycles. The van der Waals surface area contributed by atoms with Gasteiger partial charge in [0.25, 0.3) is 0 Å². The lowest BCUT2D eigenvalue weighted by atomic mass is 9.84. The van der Waals surface area contributed by atoms with E-state index in [4.69, 9.17) is 9.73 Å². The minimum atomic E-state index is -0.114. The molecule has 150 valence electrons. The largest absolute Gasteiger partial charge is 0.497 e. The summed E-state index contributed by atoms with van der Waals surface area (Å²) in [5, 5.41) is 6.82. The Balaban J connectivity index is 2.02. The van der Waals surface area contributed by atoms with Gasteiger partial charge in [-0.3, -0.25) is 9.79 Å². The summed E-state index contributed by atoms with van der Waals surface area (Å²) >= 11 is 0. The molecule has 1 heterocycles. The standard InChI is InChI=1S/C21H34N4O2/c1-6-19(26)25-12-11-17(14-25)24-20(22-7-2)23-15-21(3,4)16-9-8-10-18(13-16)27-5/h8-10,13,17H,6-7,11-12,14-15H2,1-5H3,(H2,22,23,24). The highest BCUT2D eigenvalue weighted by atomic mass is 16.5. The molecule has 1 aliphatic rings. The van der Waals surface area contributed by atoms with Gasteiger partial charge in [0.2, 0.25) is 5.91 Å². The van der Waals surface area contributed by atoms with Gasteiger partial charge in [-0.15, -0.1) is 0 Å². The molecule has 2 rings (SSSR count). The molecule has 1 aromatic rings. The number of carbonyl (C=O) groups is 1. The number of guanidine groups is 1. The average molecular weight is 375 g/mol. The number of nitrogens with one attached hydrogen (secondary N) is 2. The lowest BCUT2D eigenvalue weighted by molar-refractivity contribution is -0.129. The second-order valence-corrected chi connectivity index (χ2v) is 7.63. The molecule has 1 amide bonds. The van der Waals surface area contributed by atoms with Crippen molar-refractivity contribution in [2.24, 2.45) is 4.99 Å². The smallest absolute Gasteiger partial charge is 0.222 e. The van der Waals surface area contributed by atoms with Crippen molar-refractivity contribution in [3.63, 3.8) is 0 Å². The minimum absolute atomic E-state index is 0.114. The van der Waals surface area contributed by atoms with Crippen molar-refractivity contribution in [2.45, 2.75) is 52.0 Å². The fraction of sp³-hybridized carbons (Fsp3) is 0.619. The lowest BCUT2D eigenvalue weighted by Crippen LogP contribution is -2.45. The van der Waals surface area contributed by atoms with E-state index in [2.05, 4.69) is 43.5 Å². The molecule has 0 saturated carbocycles. The zero-order chi connectivity index (χ0) is 19.9. The monoisotopic (exact) mass is 374 g/mol. The van der Waals surface area contributed by atoms with Gasteiger partial charge in [0, 0.05) is 37.5 Å². The van der Waals surface area contributed by atoms with E-state index in [1.807, 2.05) is 24.0 Å². The number of ether oxygens (including phenoxy) is 1. The molecule has 6 nitrogen and oxygen atoms in total. The van der Waals surface area contributed by atoms with E-state index in [0.717, 1.165) is 37.8 Å². The van der Waals surface area contributed by atoms with Gasteiger partial charge in [-0.2, -0.15) is 0 Å². The van der Waals surface area contributed by atoms with Gasteiger partial charge in [-0.05, 0) is 31.0 Å². The van der Waals surface area contributed by atoms with Crippen LogP contribution in [0, 0.1) is 0 Å². The van der Waals surface area contributed by atoms with Gasteiger partial charge in [-0.1, -0.05) is 32.9 Å². The van der Waals surface area contributed by atoms with Crippen LogP contribution >= 0.6 is 0 Å². The van der Waals surface area contributed by atoms with E-state index in [1.165, 1.54) is 5.56 Å². The Hall–Kier alpha value is -2.24. The second-order valence-electron chi connectivity index (χ2n) is 7.63. The Morgan fingerprint density at radius 1 is 1.37 bits per heavy atom. The molecule has 6 heteroatoms. The van der Waals surface area contributed by atoms with Gasteiger partial charge < -0.3 is 20.3 Å². The Morgan fingerprint density at radius 2 is 2.15 bits per heavy atom. The highest BCUT2D eigenvalue weighted by Crippen LogP contribution is 2.26. The summed E-state index contributed by atoms with van der Waals surface area (Å²) < 4.78 is 5.35. The van der Waals surface area contributed by atoms with Crippen LogP contribution in [0.2, 0.25) is 0 Å². The number of methoxy groups -OCH3 is 1. The fourth-order valence-corrected chi connectivity index (χ4v) is 3.25. The van der Waals surface area contributed by atoms with Crippen molar-refractivity contribution < 1.29 is 9.53 Å². The predicted octanol–water partition coefficient (Wildman–Crippen LogP) is 2.54. The predicted molar refractivity (Wildman–Crippen MR) is 110 cm³/mol. The Kier molecular flexibility index (Phi) is 7.51. The third-order valence-corrected chi connectivity index (χ3v) is 5.01. The van der Waals surface area contributed by atoms with Crippen LogP contribution in [-0.4, -0.2) is 56.1 Å². The molecule has 0 spiro atoms. The van der Waals surface area contributed by atoms with Gasteiger partial charge in [-0.25, -0.2) is 0 Å². The number of rotatable bonds is 7. The number of hydrogen-bond donors (Lipinski definition) is 2. The molecule has 0 aliphatic carbocycles. The molecule has 1 fully saturated rings. The van der Waals surface area contributed by atoms with Crippen LogP contribution in [0.1, 0.15) is 46.1 Å². The number of likely N-dealkylation sites (tertiary alicyclic amines) is 1. The van der Waals surface area contributed by atoms with Crippen LogP contribution in [0.4, 0.5) is 0 Å². The van der Waals surface area contributed by atoms with Crippen LogP contribution < -0.4 is 15.4 Å². The number of hydrogen-bond acceptors (Lipinski definition) is 3. The maximum Gasteiger partial charge on any atom is 0.222 e. The van der Waals surface area contributed by atoms with Gasteiger partial charge >= 0.3 is 0 Å². The molecule has 0 radical (unpaired) electrons. The molecular weight excluding hydrogens is 340 g/mol. The van der Waals surface area contributed by atoms with Crippen LogP contribution in [0.15, 0.2) is 29.3 Å². The maximum atomic E-state index is 11.9. The fourth-order valence-electron chi connectivity index (χ4n) is 3.25. The minimum Gasteiger partial charge on any atom is -0.497 e. The molecule has 1 saturated heterocycles. The highest BCUT2D eigenvalue weighted by Gasteiger charge is 2.26. The Bertz CT molecular complexity index is 657. The molecule has 1 unspecified atom stereocenters. The first-order chi connectivity index (χ1) is 12.9. The third kappa shape index (κ3) is 5.88. The summed E-state index contributed by atoms with van der Waals surface area (Å²) in [4.78, 5) is 18.6. The van der Waals surface area contributed by atoms with Crippen molar-refractivity contribution in [2.75, 3.05) is 33.3 Å². The second kappa shape index (κ2) is 9.62. The SMILES string of the molecule is CCNC(=NCC(C)(C)c1cccc(OC)c1)NC1CCN(C(=O)CC)C1. The van der Waals surface area contributed by atoms with Crippen LogP contribution in [-0.2, 0) is 10.2 Å². The number of aliphatic imine (C=N–C) groups is 1. The first kappa shape index (κ1) is 21.1. The van der Waals surface area contributed by atoms with E-state index in [0.29, 0.717) is 13.0 Å². The Labute approximate surface area is 163 Å². The van der Waals surface area contributed by atoms with Crippen molar-refractivity contribution in [3.8, 4) is 5.75 Å². The van der Waals surface area contributed by atoms with E-state index in [1.54, 1.807) is 7.11 Å². The maximum absolute atomic E-state index is 11.9. The van der Waals surface area contributed by atoms with Crippen LogP contribution in [0.25, 0.3) is 0 Å². The number of nitrogens with zero attached hydrogens (tertiary/aromatic N) is 2. The normalized spacial score (nSPS) is 17.7. The first-order valence-corrected chi connectivity index (χ1v) is 9.86. The first-order valence-electron chi connectivity index (χ1n) is 9.86. The van der Waals surface area contributed by atoms with E-state index in [-0.39, 0.29) is 17.4 Å². The van der Waals surface area contributed by atoms with Crippen molar-refractivity contribution in [3.05, 3.63) is 29.8 Å². The zero-order valence-corrected chi connectivity index (χ0v) is 17.3. The summed E-state index contributed by atoms with van der Waals surface area (Å²) in [6.07, 6.45) is 1.52. The summed E-state index contributed by atoms with van der Waals surface area (Å²) in [6.45, 7) is 11.4. The molecule has 1 aromatic carbocycles. The summed E-state index contributed by atoms with van der Waals surface area (Å²) in [7, 11) is 1.69. The molecule has 2 N–H and O–H groups in total. The van der Waals surface area contributed by atoms with Gasteiger partial charge in [0.1, 0.15) is 5.75 Å². The average Bonchev–Trinajstić information content (AvgIpc) is 3.14. The summed E-state index contributed by atoms with van der Waals surface area (Å²) in [5.74, 6) is 1.89.